The van der Waals surface area contributed by atoms with Crippen LogP contribution in [0.15, 0.2) is 48.5 Å². The number of carbonyl (C=O) groups excluding carboxylic acids is 2. The fraction of sp³-hybridized carbons (Fsp3) is 0.474. The first-order chi connectivity index (χ1) is 27.5. The summed E-state index contributed by atoms with van der Waals surface area (Å²) >= 11 is 0. The number of rotatable bonds is 10. The molecule has 0 unspecified atom stereocenters. The number of H-pyrrole nitrogens is 2. The normalized spacial score (nSPS) is 22.2. The molecule has 2 aromatic heterocycles. The molecule has 0 spiro atoms. The van der Waals surface area contributed by atoms with Crippen LogP contribution >= 0.6 is 0 Å². The maximum absolute atomic E-state index is 11.8. The van der Waals surface area contributed by atoms with Gasteiger partial charge in [0, 0.05) is 58.8 Å². The van der Waals surface area contributed by atoms with Crippen LogP contribution in [0.3, 0.4) is 0 Å². The molecule has 58 heavy (non-hydrogen) atoms. The van der Waals surface area contributed by atoms with Crippen molar-refractivity contribution < 1.29 is 40.1 Å². The van der Waals surface area contributed by atoms with Gasteiger partial charge in [-0.3, -0.25) is 10.2 Å². The van der Waals surface area contributed by atoms with Crippen LogP contribution in [0.25, 0.3) is 0 Å². The highest BCUT2D eigenvalue weighted by molar-refractivity contribution is 7.90. The van der Waals surface area contributed by atoms with E-state index in [4.69, 9.17) is 13.7 Å². The van der Waals surface area contributed by atoms with E-state index in [0.29, 0.717) is 23.0 Å². The number of hydrogen-bond acceptors (Lipinski definition) is 13. The van der Waals surface area contributed by atoms with Gasteiger partial charge in [0.15, 0.2) is 27.2 Å². The van der Waals surface area contributed by atoms with E-state index in [1.165, 1.54) is 0 Å². The number of alkyl carbamates (subject to hydrolysis) is 2. The molecule has 0 saturated heterocycles. The summed E-state index contributed by atoms with van der Waals surface area (Å²) in [6.45, 7) is 7.58. The summed E-state index contributed by atoms with van der Waals surface area (Å²) < 4.78 is 64.5. The van der Waals surface area contributed by atoms with E-state index in [1.807, 2.05) is 58.0 Å². The molecule has 18 nitrogen and oxygen atoms in total. The Bertz CT molecular complexity index is 2200. The number of hydrogen-bond donors (Lipinski definition) is 7. The van der Waals surface area contributed by atoms with Crippen LogP contribution in [0.5, 0.6) is 5.75 Å². The molecule has 2 aliphatic heterocycles. The lowest BCUT2D eigenvalue weighted by Crippen LogP contribution is -2.33. The van der Waals surface area contributed by atoms with Crippen molar-refractivity contribution >= 4 is 61.0 Å². The summed E-state index contributed by atoms with van der Waals surface area (Å²) in [7, 11) is -6.78. The van der Waals surface area contributed by atoms with Crippen molar-refractivity contribution in [2.24, 2.45) is 0 Å². The Hall–Kier alpha value is -5.50. The minimum Gasteiger partial charge on any atom is -0.446 e. The summed E-state index contributed by atoms with van der Waals surface area (Å²) in [4.78, 5) is 23.5. The molecular weight excluding hydrogens is 791 g/mol. The van der Waals surface area contributed by atoms with Crippen molar-refractivity contribution in [1.82, 2.24) is 31.0 Å². The van der Waals surface area contributed by atoms with E-state index in [-0.39, 0.29) is 65.6 Å². The van der Waals surface area contributed by atoms with Gasteiger partial charge in [-0.15, -0.1) is 0 Å². The molecule has 312 valence electrons. The quantitative estimate of drug-likeness (QED) is 0.0924. The van der Waals surface area contributed by atoms with Crippen LogP contribution in [-0.4, -0.2) is 73.7 Å². The molecule has 0 bridgehead atoms. The van der Waals surface area contributed by atoms with Crippen LogP contribution in [0.2, 0.25) is 0 Å². The second-order valence-electron chi connectivity index (χ2n) is 15.7. The lowest BCUT2D eigenvalue weighted by molar-refractivity contribution is 0.0972. The van der Waals surface area contributed by atoms with Gasteiger partial charge in [-0.25, -0.2) is 22.7 Å². The summed E-state index contributed by atoms with van der Waals surface area (Å²) in [5.74, 6) is 2.27. The summed E-state index contributed by atoms with van der Waals surface area (Å²) in [6, 6.07) is 14.5. The van der Waals surface area contributed by atoms with E-state index in [1.54, 1.807) is 18.2 Å². The maximum atomic E-state index is 11.8. The number of aromatic nitrogens is 4. The average Bonchev–Trinajstić information content (AvgIpc) is 3.97. The van der Waals surface area contributed by atoms with E-state index < -0.39 is 20.1 Å². The molecule has 4 atom stereocenters. The number of nitrogens with one attached hydrogen (secondary N) is 7. The topological polar surface area (TPSA) is 248 Å². The zero-order valence-electron chi connectivity index (χ0n) is 32.6. The molecule has 7 N–H and O–H groups in total. The highest BCUT2D eigenvalue weighted by atomic mass is 32.2. The second-order valence-corrected chi connectivity index (χ2v) is 19.0. The number of amides is 2. The highest BCUT2D eigenvalue weighted by Crippen LogP contribution is 2.39. The fourth-order valence-corrected chi connectivity index (χ4v) is 10.0. The van der Waals surface area contributed by atoms with Gasteiger partial charge in [-0.05, 0) is 108 Å². The molecule has 8 rings (SSSR count). The van der Waals surface area contributed by atoms with Gasteiger partial charge in [0.05, 0.1) is 17.2 Å². The van der Waals surface area contributed by atoms with E-state index in [0.717, 1.165) is 66.7 Å². The first-order valence-electron chi connectivity index (χ1n) is 19.3. The van der Waals surface area contributed by atoms with Gasteiger partial charge in [-0.1, -0.05) is 6.07 Å². The number of fused-ring (bicyclic) bond motifs is 2. The van der Waals surface area contributed by atoms with Crippen molar-refractivity contribution in [3.05, 3.63) is 71.0 Å². The lowest BCUT2D eigenvalue weighted by atomic mass is 10.0. The lowest BCUT2D eigenvalue weighted by Gasteiger charge is -2.14. The Kier molecular flexibility index (Phi) is 11.8. The number of anilines is 5. The SMILES string of the molecule is CC(C)NC(=O)O[C@@H]1CC[C@H](c2cc(Nc3ccc4c(c3)CS(=O)(=O)C4)n[nH]2)C1.CC(C)NC(=O)O[C@@H]1CC[C@H](c2cc(Nc3ccc4c(c3)NS(=O)(=O)O4)n[nH]2)C1. The van der Waals surface area contributed by atoms with Crippen molar-refractivity contribution in [3.8, 4) is 5.75 Å². The van der Waals surface area contributed by atoms with E-state index in [9.17, 15) is 26.4 Å². The number of benzene rings is 2. The second kappa shape index (κ2) is 16.8. The van der Waals surface area contributed by atoms with Crippen LogP contribution in [0.1, 0.15) is 101 Å². The largest absolute Gasteiger partial charge is 0.446 e. The van der Waals surface area contributed by atoms with Gasteiger partial charge >= 0.3 is 22.5 Å². The van der Waals surface area contributed by atoms with Crippen LogP contribution in [0.4, 0.5) is 38.3 Å². The molecule has 20 heteroatoms. The molecule has 2 saturated carbocycles. The smallest absolute Gasteiger partial charge is 0.407 e. The van der Waals surface area contributed by atoms with Gasteiger partial charge in [0.2, 0.25) is 0 Å². The predicted molar refractivity (Wildman–Crippen MR) is 216 cm³/mol. The third kappa shape index (κ3) is 10.5. The summed E-state index contributed by atoms with van der Waals surface area (Å²) in [6.07, 6.45) is 4.04. The van der Waals surface area contributed by atoms with E-state index in [2.05, 4.69) is 46.4 Å². The molecule has 2 amide bonds. The number of ether oxygens (including phenoxy) is 2. The third-order valence-electron chi connectivity index (χ3n) is 10.1. The van der Waals surface area contributed by atoms with Crippen LogP contribution in [0, 0.1) is 0 Å². The van der Waals surface area contributed by atoms with Crippen molar-refractivity contribution in [1.29, 1.82) is 0 Å². The first-order valence-corrected chi connectivity index (χ1v) is 22.5. The Balaban J connectivity index is 0.000000177. The van der Waals surface area contributed by atoms with Gasteiger partial charge in [0.1, 0.15) is 12.2 Å². The Labute approximate surface area is 337 Å². The highest BCUT2D eigenvalue weighted by Gasteiger charge is 2.32. The predicted octanol–water partition coefficient (Wildman–Crippen LogP) is 6.33. The Morgan fingerprint density at radius 3 is 1.78 bits per heavy atom. The standard InChI is InChI=1S/C20H26N4O4S.C18H23N5O5S/c1-12(2)21-20(25)28-17-6-4-13(8-17)18-9-19(24-23-18)22-16-5-3-14-10-29(26,27)11-15(14)7-16;1-10(2)19-18(24)27-13-5-3-11(7-13)14-9-17(22-21-14)20-12-4-6-16-15(8-12)23-29(25,26)28-16/h3,5,7,9,12-13,17H,4,6,8,10-11H2,1-2H3,(H,21,25)(H2,22,23,24);4,6,8-11,13,23H,3,5,7H2,1-2H3,(H,19,24)(H2,20,21,22)/t13-,17+;11-,13+/m00/s1. The zero-order valence-corrected chi connectivity index (χ0v) is 34.3. The molecule has 0 radical (unpaired) electrons. The summed E-state index contributed by atoms with van der Waals surface area (Å²) in [5.41, 5.74) is 5.56. The monoisotopic (exact) mass is 839 g/mol. The number of sulfone groups is 1. The molecule has 2 aromatic carbocycles. The zero-order chi connectivity index (χ0) is 41.2. The fourth-order valence-electron chi connectivity index (χ4n) is 7.55. The molecular formula is C38H49N9O9S2. The molecule has 4 heterocycles. The average molecular weight is 840 g/mol. The van der Waals surface area contributed by atoms with Gasteiger partial charge < -0.3 is 34.9 Å². The van der Waals surface area contributed by atoms with Crippen LogP contribution < -0.4 is 30.2 Å². The van der Waals surface area contributed by atoms with Crippen molar-refractivity contribution in [2.45, 2.75) is 114 Å². The van der Waals surface area contributed by atoms with Crippen molar-refractivity contribution in [3.63, 3.8) is 0 Å². The number of nitrogens with zero attached hydrogens (tertiary/aromatic N) is 2. The molecule has 2 aliphatic carbocycles. The first kappa shape index (κ1) is 40.7. The third-order valence-corrected chi connectivity index (χ3v) is 12.5. The van der Waals surface area contributed by atoms with Gasteiger partial charge in [-0.2, -0.15) is 18.6 Å². The Morgan fingerprint density at radius 1 is 0.707 bits per heavy atom. The minimum absolute atomic E-state index is 0.0435. The Morgan fingerprint density at radius 2 is 1.22 bits per heavy atom. The summed E-state index contributed by atoms with van der Waals surface area (Å²) in [5, 5.41) is 26.6. The molecule has 4 aromatic rings. The van der Waals surface area contributed by atoms with Crippen molar-refractivity contribution in [2.75, 3.05) is 15.4 Å². The molecule has 4 aliphatic rings. The van der Waals surface area contributed by atoms with Crippen LogP contribution in [-0.2, 0) is 41.1 Å². The number of aromatic amines is 2. The molecule has 2 fully saturated rings. The van der Waals surface area contributed by atoms with Gasteiger partial charge in [0.25, 0.3) is 0 Å². The minimum atomic E-state index is -3.76. The van der Waals surface area contributed by atoms with E-state index >= 15 is 0 Å². The maximum Gasteiger partial charge on any atom is 0.407 e. The number of carbonyl (C=O) groups is 2.